The Morgan fingerprint density at radius 3 is 2.72 bits per heavy atom. The van der Waals surface area contributed by atoms with E-state index in [1.54, 1.807) is 7.11 Å². The number of hydrogen-bond donors (Lipinski definition) is 1. The number of likely N-dealkylation sites (N-methyl/N-ethyl adjacent to an activating group) is 1. The maximum absolute atomic E-state index is 11.3. The first kappa shape index (κ1) is 13.8. The summed E-state index contributed by atoms with van der Waals surface area (Å²) in [6.45, 7) is 4.48. The van der Waals surface area contributed by atoms with Crippen molar-refractivity contribution in [3.63, 3.8) is 0 Å². The number of aliphatic carboxylic acids is 1. The molecule has 0 spiro atoms. The minimum atomic E-state index is -0.747. The highest BCUT2D eigenvalue weighted by Gasteiger charge is 2.43. The van der Waals surface area contributed by atoms with Crippen LogP contribution in [0, 0.1) is 11.8 Å². The number of hydrogen-bond acceptors (Lipinski definition) is 4. The van der Waals surface area contributed by atoms with Crippen LogP contribution in [0.25, 0.3) is 0 Å². The maximum atomic E-state index is 11.3. The Kier molecular flexibility index (Phi) is 4.59. The van der Waals surface area contributed by atoms with Crippen LogP contribution >= 0.6 is 0 Å². The molecule has 0 aromatic carbocycles. The first-order chi connectivity index (χ1) is 8.69. The van der Waals surface area contributed by atoms with Crippen LogP contribution in [0.3, 0.4) is 0 Å². The van der Waals surface area contributed by atoms with Gasteiger partial charge in [0.25, 0.3) is 0 Å². The normalized spacial score (nSPS) is 29.7. The highest BCUT2D eigenvalue weighted by atomic mass is 16.5. The topological polar surface area (TPSA) is 59.0 Å². The van der Waals surface area contributed by atoms with E-state index in [2.05, 4.69) is 11.8 Å². The van der Waals surface area contributed by atoms with Gasteiger partial charge in [-0.2, -0.15) is 0 Å². The van der Waals surface area contributed by atoms with Gasteiger partial charge in [0.15, 0.2) is 0 Å². The first-order valence-corrected chi connectivity index (χ1v) is 6.74. The van der Waals surface area contributed by atoms with E-state index >= 15 is 0 Å². The second-order valence-electron chi connectivity index (χ2n) is 5.24. The van der Waals surface area contributed by atoms with Gasteiger partial charge in [-0.1, -0.05) is 6.92 Å². The summed E-state index contributed by atoms with van der Waals surface area (Å²) >= 11 is 0. The number of carboxylic acid groups (broad SMARTS) is 1. The molecule has 1 N–H and O–H groups in total. The molecular weight excluding hydrogens is 234 g/mol. The van der Waals surface area contributed by atoms with Crippen molar-refractivity contribution in [1.82, 2.24) is 4.90 Å². The van der Waals surface area contributed by atoms with E-state index in [1.165, 1.54) is 12.8 Å². The van der Waals surface area contributed by atoms with Crippen molar-refractivity contribution in [1.29, 1.82) is 0 Å². The molecule has 5 heteroatoms. The van der Waals surface area contributed by atoms with E-state index in [4.69, 9.17) is 9.47 Å². The summed E-state index contributed by atoms with van der Waals surface area (Å²) in [7, 11) is 1.71. The Hall–Kier alpha value is -0.650. The molecule has 2 fully saturated rings. The Balaban J connectivity index is 2.07. The van der Waals surface area contributed by atoms with Gasteiger partial charge in [0.1, 0.15) is 0 Å². The van der Waals surface area contributed by atoms with Gasteiger partial charge in [-0.05, 0) is 25.3 Å². The summed E-state index contributed by atoms with van der Waals surface area (Å²) in [6, 6.07) is 0.335. The lowest BCUT2D eigenvalue weighted by atomic mass is 9.99. The molecule has 1 aliphatic carbocycles. The third kappa shape index (κ3) is 2.84. The summed E-state index contributed by atoms with van der Waals surface area (Å²) in [5.74, 6) is -0.481. The quantitative estimate of drug-likeness (QED) is 0.732. The number of rotatable bonds is 7. The second kappa shape index (κ2) is 5.99. The van der Waals surface area contributed by atoms with Crippen molar-refractivity contribution in [2.45, 2.75) is 31.8 Å². The Bertz CT molecular complexity index is 293. The van der Waals surface area contributed by atoms with E-state index in [-0.39, 0.29) is 6.04 Å². The summed E-state index contributed by atoms with van der Waals surface area (Å²) in [6.07, 6.45) is 2.46. The van der Waals surface area contributed by atoms with Gasteiger partial charge in [-0.25, -0.2) is 0 Å². The largest absolute Gasteiger partial charge is 0.481 e. The van der Waals surface area contributed by atoms with Crippen LogP contribution in [0.2, 0.25) is 0 Å². The number of methoxy groups -OCH3 is 1. The molecule has 3 unspecified atom stereocenters. The predicted molar refractivity (Wildman–Crippen MR) is 66.5 cm³/mol. The summed E-state index contributed by atoms with van der Waals surface area (Å²) in [5.41, 5.74) is 0. The van der Waals surface area contributed by atoms with Crippen molar-refractivity contribution in [3.05, 3.63) is 0 Å². The van der Waals surface area contributed by atoms with Crippen molar-refractivity contribution >= 4 is 5.97 Å². The van der Waals surface area contributed by atoms with E-state index in [0.717, 1.165) is 6.54 Å². The van der Waals surface area contributed by atoms with Gasteiger partial charge in [-0.15, -0.1) is 0 Å². The van der Waals surface area contributed by atoms with Crippen molar-refractivity contribution < 1.29 is 19.4 Å². The van der Waals surface area contributed by atoms with Crippen LogP contribution in [0.15, 0.2) is 0 Å². The molecule has 1 aliphatic heterocycles. The summed E-state index contributed by atoms with van der Waals surface area (Å²) in [4.78, 5) is 13.5. The zero-order valence-corrected chi connectivity index (χ0v) is 11.2. The van der Waals surface area contributed by atoms with Crippen LogP contribution in [-0.2, 0) is 14.3 Å². The van der Waals surface area contributed by atoms with Crippen LogP contribution in [0.1, 0.15) is 19.8 Å². The fourth-order valence-electron chi connectivity index (χ4n) is 2.98. The average Bonchev–Trinajstić information content (AvgIpc) is 3.07. The van der Waals surface area contributed by atoms with Gasteiger partial charge in [-0.3, -0.25) is 9.69 Å². The van der Waals surface area contributed by atoms with Crippen molar-refractivity contribution in [3.8, 4) is 0 Å². The van der Waals surface area contributed by atoms with Crippen LogP contribution in [0.4, 0.5) is 0 Å². The van der Waals surface area contributed by atoms with Crippen LogP contribution in [0.5, 0.6) is 0 Å². The van der Waals surface area contributed by atoms with Gasteiger partial charge in [0.05, 0.1) is 25.7 Å². The predicted octanol–water partition coefficient (Wildman–Crippen LogP) is 0.833. The summed E-state index contributed by atoms with van der Waals surface area (Å²) < 4.78 is 10.7. The number of ether oxygens (including phenoxy) is 2. The first-order valence-electron chi connectivity index (χ1n) is 6.74. The molecule has 104 valence electrons. The molecule has 1 saturated carbocycles. The maximum Gasteiger partial charge on any atom is 0.310 e. The molecule has 5 nitrogen and oxygen atoms in total. The molecule has 18 heavy (non-hydrogen) atoms. The lowest BCUT2D eigenvalue weighted by Gasteiger charge is -2.36. The fraction of sp³-hybridized carbons (Fsp3) is 0.923. The molecule has 0 amide bonds. The van der Waals surface area contributed by atoms with E-state index in [0.29, 0.717) is 31.8 Å². The summed E-state index contributed by atoms with van der Waals surface area (Å²) in [5, 5.41) is 9.26. The molecule has 0 aromatic heterocycles. The van der Waals surface area contributed by atoms with E-state index in [9.17, 15) is 9.90 Å². The number of carboxylic acids is 1. The molecule has 1 heterocycles. The SMILES string of the molecule is CCN(C(COC)C1CC1)C1COCC1C(=O)O. The van der Waals surface area contributed by atoms with Crippen LogP contribution in [-0.4, -0.2) is 61.5 Å². The molecule has 0 radical (unpaired) electrons. The zero-order valence-electron chi connectivity index (χ0n) is 11.2. The lowest BCUT2D eigenvalue weighted by Crippen LogP contribution is -2.51. The highest BCUT2D eigenvalue weighted by molar-refractivity contribution is 5.71. The molecule has 1 saturated heterocycles. The van der Waals surface area contributed by atoms with Gasteiger partial charge in [0.2, 0.25) is 0 Å². The molecule has 2 rings (SSSR count). The van der Waals surface area contributed by atoms with Gasteiger partial charge in [0, 0.05) is 19.2 Å². The highest BCUT2D eigenvalue weighted by Crippen LogP contribution is 2.37. The Morgan fingerprint density at radius 2 is 2.22 bits per heavy atom. The van der Waals surface area contributed by atoms with Gasteiger partial charge >= 0.3 is 5.97 Å². The van der Waals surface area contributed by atoms with E-state index in [1.807, 2.05) is 0 Å². The van der Waals surface area contributed by atoms with Gasteiger partial charge < -0.3 is 14.6 Å². The average molecular weight is 257 g/mol. The third-order valence-corrected chi connectivity index (χ3v) is 4.09. The minimum absolute atomic E-state index is 0.00625. The van der Waals surface area contributed by atoms with Crippen molar-refractivity contribution in [2.24, 2.45) is 11.8 Å². The monoisotopic (exact) mass is 257 g/mol. The number of carbonyl (C=O) groups is 1. The molecular formula is C13H23NO4. The number of nitrogens with zero attached hydrogens (tertiary/aromatic N) is 1. The minimum Gasteiger partial charge on any atom is -0.481 e. The Morgan fingerprint density at radius 1 is 1.50 bits per heavy atom. The smallest absolute Gasteiger partial charge is 0.310 e. The fourth-order valence-corrected chi connectivity index (χ4v) is 2.98. The molecule has 3 atom stereocenters. The lowest BCUT2D eigenvalue weighted by molar-refractivity contribution is -0.143. The third-order valence-electron chi connectivity index (χ3n) is 4.09. The zero-order chi connectivity index (χ0) is 13.1. The van der Waals surface area contributed by atoms with E-state index < -0.39 is 11.9 Å². The molecule has 2 aliphatic rings. The standard InChI is InChI=1S/C13H23NO4/c1-3-14(11(7-17-2)9-4-5-9)12-8-18-6-10(12)13(15)16/h9-12H,3-8H2,1-2H3,(H,15,16). The molecule has 0 bridgehead atoms. The van der Waals surface area contributed by atoms with Crippen LogP contribution < -0.4 is 0 Å². The second-order valence-corrected chi connectivity index (χ2v) is 5.24. The Labute approximate surface area is 108 Å². The van der Waals surface area contributed by atoms with Crippen molar-refractivity contribution in [2.75, 3.05) is 33.5 Å². The molecule has 0 aromatic rings.